The standard InChI is InChI=1S/C24H25ClN4O4/c1-3-21(30)26-18-8-4-6-15(12-18)22-27-23(33-28-22)16-7-5-11-29(14-16)24(31)19-10-9-17(25)13-20(19)32-2/h4,6,8-10,12-13,16H,3,5,7,11,14H2,1-2H3,(H,26,30)/t16-/m1/s1. The van der Waals surface area contributed by atoms with E-state index in [0.29, 0.717) is 53.2 Å². The molecule has 8 nitrogen and oxygen atoms in total. The van der Waals surface area contributed by atoms with Crippen LogP contribution in [0.1, 0.15) is 48.4 Å². The summed E-state index contributed by atoms with van der Waals surface area (Å²) < 4.78 is 10.9. The molecular formula is C24H25ClN4O4. The second-order valence-corrected chi connectivity index (χ2v) is 8.31. The van der Waals surface area contributed by atoms with Gasteiger partial charge in [0.25, 0.3) is 5.91 Å². The summed E-state index contributed by atoms with van der Waals surface area (Å²) in [5.41, 5.74) is 1.89. The highest BCUT2D eigenvalue weighted by Gasteiger charge is 2.30. The molecular weight excluding hydrogens is 444 g/mol. The number of likely N-dealkylation sites (tertiary alicyclic amines) is 1. The molecule has 1 saturated heterocycles. The number of ether oxygens (including phenoxy) is 1. The van der Waals surface area contributed by atoms with Crippen LogP contribution in [0.25, 0.3) is 11.4 Å². The van der Waals surface area contributed by atoms with Gasteiger partial charge < -0.3 is 19.5 Å². The normalized spacial score (nSPS) is 15.8. The van der Waals surface area contributed by atoms with Crippen molar-refractivity contribution in [1.29, 1.82) is 0 Å². The number of nitrogens with one attached hydrogen (secondary N) is 1. The van der Waals surface area contributed by atoms with E-state index in [4.69, 9.17) is 20.9 Å². The highest BCUT2D eigenvalue weighted by Crippen LogP contribution is 2.31. The highest BCUT2D eigenvalue weighted by molar-refractivity contribution is 6.30. The first kappa shape index (κ1) is 22.8. The van der Waals surface area contributed by atoms with Crippen LogP contribution in [0.4, 0.5) is 5.69 Å². The lowest BCUT2D eigenvalue weighted by Gasteiger charge is -2.31. The number of hydrogen-bond acceptors (Lipinski definition) is 6. The third-order valence-electron chi connectivity index (χ3n) is 5.62. The lowest BCUT2D eigenvalue weighted by atomic mass is 9.97. The summed E-state index contributed by atoms with van der Waals surface area (Å²) in [6.07, 6.45) is 2.06. The van der Waals surface area contributed by atoms with Crippen LogP contribution in [0.2, 0.25) is 5.02 Å². The van der Waals surface area contributed by atoms with E-state index in [1.54, 1.807) is 30.0 Å². The average molecular weight is 469 g/mol. The van der Waals surface area contributed by atoms with Crippen LogP contribution in [0, 0.1) is 0 Å². The molecule has 1 aromatic heterocycles. The quantitative estimate of drug-likeness (QED) is 0.559. The van der Waals surface area contributed by atoms with Crippen molar-refractivity contribution in [1.82, 2.24) is 15.0 Å². The SMILES string of the molecule is CCC(=O)Nc1cccc(-c2noc([C@@H]3CCCN(C(=O)c4ccc(Cl)cc4OC)C3)n2)c1. The van der Waals surface area contributed by atoms with Crippen LogP contribution in [-0.2, 0) is 4.79 Å². The Hall–Kier alpha value is -3.39. The molecule has 2 amide bonds. The number of halogens is 1. The summed E-state index contributed by atoms with van der Waals surface area (Å²) in [7, 11) is 1.52. The van der Waals surface area contributed by atoms with Gasteiger partial charge in [0.2, 0.25) is 17.6 Å². The van der Waals surface area contributed by atoms with E-state index in [1.165, 1.54) is 7.11 Å². The number of hydrogen-bond donors (Lipinski definition) is 1. The van der Waals surface area contributed by atoms with Gasteiger partial charge >= 0.3 is 0 Å². The third kappa shape index (κ3) is 5.17. The molecule has 1 fully saturated rings. The van der Waals surface area contributed by atoms with Crippen molar-refractivity contribution in [3.05, 3.63) is 58.9 Å². The Bertz CT molecular complexity index is 1160. The smallest absolute Gasteiger partial charge is 0.257 e. The molecule has 0 saturated carbocycles. The first-order valence-corrected chi connectivity index (χ1v) is 11.2. The van der Waals surface area contributed by atoms with Crippen molar-refractivity contribution in [2.75, 3.05) is 25.5 Å². The second kappa shape index (κ2) is 10.0. The number of anilines is 1. The fourth-order valence-electron chi connectivity index (χ4n) is 3.88. The molecule has 2 heterocycles. The molecule has 0 bridgehead atoms. The topological polar surface area (TPSA) is 97.6 Å². The van der Waals surface area contributed by atoms with Crippen LogP contribution < -0.4 is 10.1 Å². The first-order chi connectivity index (χ1) is 16.0. The van der Waals surface area contributed by atoms with Gasteiger partial charge in [-0.1, -0.05) is 35.8 Å². The minimum Gasteiger partial charge on any atom is -0.496 e. The summed E-state index contributed by atoms with van der Waals surface area (Å²) in [6, 6.07) is 12.3. The van der Waals surface area contributed by atoms with Gasteiger partial charge in [-0.05, 0) is 43.2 Å². The van der Waals surface area contributed by atoms with Crippen molar-refractivity contribution >= 4 is 29.1 Å². The lowest BCUT2D eigenvalue weighted by molar-refractivity contribution is -0.115. The van der Waals surface area contributed by atoms with E-state index in [2.05, 4.69) is 15.5 Å². The Balaban J connectivity index is 1.49. The van der Waals surface area contributed by atoms with Gasteiger partial charge in [-0.2, -0.15) is 4.98 Å². The van der Waals surface area contributed by atoms with E-state index in [0.717, 1.165) is 18.4 Å². The Morgan fingerprint density at radius 1 is 1.27 bits per heavy atom. The van der Waals surface area contributed by atoms with Crippen LogP contribution in [0.3, 0.4) is 0 Å². The minimum absolute atomic E-state index is 0.0646. The molecule has 1 atom stereocenters. The molecule has 4 rings (SSSR count). The Labute approximate surface area is 196 Å². The summed E-state index contributed by atoms with van der Waals surface area (Å²) in [5, 5.41) is 7.47. The van der Waals surface area contributed by atoms with E-state index >= 15 is 0 Å². The first-order valence-electron chi connectivity index (χ1n) is 10.8. The van der Waals surface area contributed by atoms with E-state index < -0.39 is 0 Å². The maximum absolute atomic E-state index is 13.1. The molecule has 1 N–H and O–H groups in total. The summed E-state index contributed by atoms with van der Waals surface area (Å²) in [5.74, 6) is 1.14. The molecule has 1 aliphatic heterocycles. The van der Waals surface area contributed by atoms with Crippen molar-refractivity contribution in [2.24, 2.45) is 0 Å². The van der Waals surface area contributed by atoms with E-state index in [1.807, 2.05) is 24.3 Å². The van der Waals surface area contributed by atoms with E-state index in [-0.39, 0.29) is 17.7 Å². The molecule has 0 unspecified atom stereocenters. The largest absolute Gasteiger partial charge is 0.496 e. The highest BCUT2D eigenvalue weighted by atomic mass is 35.5. The molecule has 9 heteroatoms. The Morgan fingerprint density at radius 2 is 2.12 bits per heavy atom. The predicted molar refractivity (Wildman–Crippen MR) is 125 cm³/mol. The molecule has 0 radical (unpaired) electrons. The van der Waals surface area contributed by atoms with Crippen molar-refractivity contribution in [3.8, 4) is 17.1 Å². The van der Waals surface area contributed by atoms with Gasteiger partial charge in [-0.25, -0.2) is 0 Å². The molecule has 33 heavy (non-hydrogen) atoms. The zero-order valence-electron chi connectivity index (χ0n) is 18.5. The molecule has 1 aliphatic rings. The number of aromatic nitrogens is 2. The van der Waals surface area contributed by atoms with Crippen LogP contribution in [0.5, 0.6) is 5.75 Å². The summed E-state index contributed by atoms with van der Waals surface area (Å²) >= 11 is 6.03. The summed E-state index contributed by atoms with van der Waals surface area (Å²) in [6.45, 7) is 2.91. The van der Waals surface area contributed by atoms with E-state index in [9.17, 15) is 9.59 Å². The number of methoxy groups -OCH3 is 1. The fraction of sp³-hybridized carbons (Fsp3) is 0.333. The van der Waals surface area contributed by atoms with Crippen LogP contribution >= 0.6 is 11.6 Å². The fourth-order valence-corrected chi connectivity index (χ4v) is 4.04. The number of nitrogens with zero attached hydrogens (tertiary/aromatic N) is 3. The lowest BCUT2D eigenvalue weighted by Crippen LogP contribution is -2.39. The predicted octanol–water partition coefficient (Wildman–Crippen LogP) is 4.77. The zero-order chi connectivity index (χ0) is 23.4. The monoisotopic (exact) mass is 468 g/mol. The number of piperidine rings is 1. The van der Waals surface area contributed by atoms with Gasteiger partial charge in [0.15, 0.2) is 0 Å². The van der Waals surface area contributed by atoms with Crippen molar-refractivity contribution < 1.29 is 18.8 Å². The number of carbonyl (C=O) groups is 2. The Morgan fingerprint density at radius 3 is 2.91 bits per heavy atom. The number of amides is 2. The Kier molecular flexibility index (Phi) is 6.93. The zero-order valence-corrected chi connectivity index (χ0v) is 19.3. The van der Waals surface area contributed by atoms with Gasteiger partial charge in [0.05, 0.1) is 18.6 Å². The number of carbonyl (C=O) groups excluding carboxylic acids is 2. The minimum atomic E-state index is -0.118. The van der Waals surface area contributed by atoms with Gasteiger partial charge in [0.1, 0.15) is 5.75 Å². The molecule has 0 aliphatic carbocycles. The van der Waals surface area contributed by atoms with Crippen LogP contribution in [-0.4, -0.2) is 47.1 Å². The average Bonchev–Trinajstić information content (AvgIpc) is 3.34. The maximum Gasteiger partial charge on any atom is 0.257 e. The summed E-state index contributed by atoms with van der Waals surface area (Å²) in [4.78, 5) is 31.2. The number of rotatable bonds is 6. The van der Waals surface area contributed by atoms with Gasteiger partial charge in [0, 0.05) is 35.8 Å². The third-order valence-corrected chi connectivity index (χ3v) is 5.85. The molecule has 172 valence electrons. The van der Waals surface area contributed by atoms with Crippen LogP contribution in [0.15, 0.2) is 47.0 Å². The maximum atomic E-state index is 13.1. The van der Waals surface area contributed by atoms with Crippen molar-refractivity contribution in [3.63, 3.8) is 0 Å². The number of benzene rings is 2. The second-order valence-electron chi connectivity index (χ2n) is 7.87. The van der Waals surface area contributed by atoms with Crippen molar-refractivity contribution in [2.45, 2.75) is 32.1 Å². The molecule has 0 spiro atoms. The molecule has 2 aromatic carbocycles. The molecule has 3 aromatic rings. The van der Waals surface area contributed by atoms with Gasteiger partial charge in [-0.15, -0.1) is 0 Å². The van der Waals surface area contributed by atoms with Gasteiger partial charge in [-0.3, -0.25) is 9.59 Å².